The molecule has 5 heteroatoms. The van der Waals surface area contributed by atoms with Crippen LogP contribution in [-0.2, 0) is 7.05 Å². The van der Waals surface area contributed by atoms with Crippen LogP contribution in [0.5, 0.6) is 0 Å². The third-order valence-corrected chi connectivity index (χ3v) is 3.91. The van der Waals surface area contributed by atoms with E-state index < -0.39 is 0 Å². The van der Waals surface area contributed by atoms with Crippen molar-refractivity contribution in [2.45, 2.75) is 6.92 Å². The Morgan fingerprint density at radius 1 is 1.09 bits per heavy atom. The minimum Gasteiger partial charge on any atom is -0.275 e. The maximum absolute atomic E-state index is 11.7. The monoisotopic (exact) mass is 290 g/mol. The van der Waals surface area contributed by atoms with E-state index in [1.807, 2.05) is 36.1 Å². The zero-order valence-corrected chi connectivity index (χ0v) is 12.3. The van der Waals surface area contributed by atoms with Crippen LogP contribution in [0, 0.1) is 6.92 Å². The Hall–Kier alpha value is -2.95. The van der Waals surface area contributed by atoms with Gasteiger partial charge in [0.25, 0.3) is 5.56 Å². The minimum atomic E-state index is -0.164. The van der Waals surface area contributed by atoms with Crippen LogP contribution in [0.1, 0.15) is 5.56 Å². The Labute approximate surface area is 126 Å². The minimum absolute atomic E-state index is 0.164. The van der Waals surface area contributed by atoms with Gasteiger partial charge in [0.1, 0.15) is 0 Å². The molecule has 0 atom stereocenters. The van der Waals surface area contributed by atoms with Crippen molar-refractivity contribution < 1.29 is 0 Å². The van der Waals surface area contributed by atoms with Gasteiger partial charge < -0.3 is 0 Å². The number of aryl methyl sites for hydroxylation is 2. The molecule has 0 fully saturated rings. The Morgan fingerprint density at radius 2 is 1.91 bits per heavy atom. The van der Waals surface area contributed by atoms with Crippen molar-refractivity contribution in [1.29, 1.82) is 0 Å². The number of nitrogens with one attached hydrogen (secondary N) is 1. The molecular formula is C17H14N4O. The summed E-state index contributed by atoms with van der Waals surface area (Å²) in [6.07, 6.45) is 3.69. The molecule has 2 heterocycles. The molecule has 0 saturated heterocycles. The van der Waals surface area contributed by atoms with Gasteiger partial charge in [0.2, 0.25) is 0 Å². The lowest BCUT2D eigenvalue weighted by Gasteiger charge is -2.05. The van der Waals surface area contributed by atoms with Crippen molar-refractivity contribution in [3.63, 3.8) is 0 Å². The molecule has 22 heavy (non-hydrogen) atoms. The van der Waals surface area contributed by atoms with E-state index in [2.05, 4.69) is 34.4 Å². The number of fused-ring (bicyclic) bond motifs is 2. The first-order valence-electron chi connectivity index (χ1n) is 7.04. The van der Waals surface area contributed by atoms with Crippen LogP contribution in [0.25, 0.3) is 32.8 Å². The summed E-state index contributed by atoms with van der Waals surface area (Å²) in [5.41, 5.74) is 4.17. The second-order valence-corrected chi connectivity index (χ2v) is 5.53. The summed E-state index contributed by atoms with van der Waals surface area (Å²) in [6, 6.07) is 10.0. The second-order valence-electron chi connectivity index (χ2n) is 5.53. The first-order valence-corrected chi connectivity index (χ1v) is 7.04. The van der Waals surface area contributed by atoms with Gasteiger partial charge in [0.15, 0.2) is 0 Å². The molecule has 4 rings (SSSR count). The summed E-state index contributed by atoms with van der Waals surface area (Å²) < 4.78 is 1.82. The highest BCUT2D eigenvalue weighted by atomic mass is 16.1. The maximum atomic E-state index is 11.7. The maximum Gasteiger partial charge on any atom is 0.272 e. The number of rotatable bonds is 1. The van der Waals surface area contributed by atoms with Gasteiger partial charge in [-0.15, -0.1) is 0 Å². The van der Waals surface area contributed by atoms with Gasteiger partial charge in [0.05, 0.1) is 17.1 Å². The van der Waals surface area contributed by atoms with Gasteiger partial charge in [-0.1, -0.05) is 6.07 Å². The molecule has 0 spiro atoms. The average Bonchev–Trinajstić information content (AvgIpc) is 2.88. The van der Waals surface area contributed by atoms with Crippen molar-refractivity contribution in [3.05, 3.63) is 58.6 Å². The highest BCUT2D eigenvalue weighted by molar-refractivity contribution is 5.90. The molecule has 0 saturated carbocycles. The van der Waals surface area contributed by atoms with Crippen LogP contribution >= 0.6 is 0 Å². The van der Waals surface area contributed by atoms with Crippen molar-refractivity contribution in [2.24, 2.45) is 7.05 Å². The van der Waals surface area contributed by atoms with Gasteiger partial charge in [-0.05, 0) is 47.9 Å². The Balaban J connectivity index is 1.96. The van der Waals surface area contributed by atoms with Gasteiger partial charge in [-0.2, -0.15) is 10.2 Å². The number of hydrogen-bond acceptors (Lipinski definition) is 3. The van der Waals surface area contributed by atoms with E-state index in [0.29, 0.717) is 5.39 Å². The summed E-state index contributed by atoms with van der Waals surface area (Å²) in [7, 11) is 1.92. The van der Waals surface area contributed by atoms with Crippen LogP contribution in [0.4, 0.5) is 0 Å². The van der Waals surface area contributed by atoms with E-state index in [1.54, 1.807) is 6.20 Å². The molecule has 5 nitrogen and oxygen atoms in total. The van der Waals surface area contributed by atoms with E-state index in [1.165, 1.54) is 0 Å². The number of aromatic nitrogens is 4. The first-order chi connectivity index (χ1) is 10.6. The molecule has 4 aromatic rings. The van der Waals surface area contributed by atoms with E-state index in [0.717, 1.165) is 33.0 Å². The predicted octanol–water partition coefficient (Wildman–Crippen LogP) is 2.79. The second kappa shape index (κ2) is 4.53. The fraction of sp³-hybridized carbons (Fsp3) is 0.118. The normalized spacial score (nSPS) is 11.4. The highest BCUT2D eigenvalue weighted by Crippen LogP contribution is 2.28. The SMILES string of the molecule is Cc1cc(-c2ccc3c(=O)[nH]ncc3c2)cc2cn(C)nc12. The van der Waals surface area contributed by atoms with Crippen LogP contribution in [0.3, 0.4) is 0 Å². The van der Waals surface area contributed by atoms with Crippen LogP contribution in [0.2, 0.25) is 0 Å². The molecule has 0 aliphatic carbocycles. The summed E-state index contributed by atoms with van der Waals surface area (Å²) in [6.45, 7) is 2.06. The first kappa shape index (κ1) is 12.8. The molecule has 0 bridgehead atoms. The van der Waals surface area contributed by atoms with Crippen molar-refractivity contribution >= 4 is 21.7 Å². The number of benzene rings is 2. The number of nitrogens with zero attached hydrogens (tertiary/aromatic N) is 3. The average molecular weight is 290 g/mol. The summed E-state index contributed by atoms with van der Waals surface area (Å²) in [5, 5.41) is 13.4. The van der Waals surface area contributed by atoms with Crippen molar-refractivity contribution in [3.8, 4) is 11.1 Å². The number of hydrogen-bond donors (Lipinski definition) is 1. The Kier molecular flexibility index (Phi) is 2.63. The zero-order valence-electron chi connectivity index (χ0n) is 12.3. The van der Waals surface area contributed by atoms with E-state index in [4.69, 9.17) is 0 Å². The van der Waals surface area contributed by atoms with Gasteiger partial charge in [-0.25, -0.2) is 5.10 Å². The molecule has 2 aromatic carbocycles. The molecule has 108 valence electrons. The van der Waals surface area contributed by atoms with Crippen LogP contribution in [0.15, 0.2) is 47.5 Å². The molecule has 0 amide bonds. The van der Waals surface area contributed by atoms with Crippen molar-refractivity contribution in [2.75, 3.05) is 0 Å². The van der Waals surface area contributed by atoms with Crippen LogP contribution < -0.4 is 5.56 Å². The largest absolute Gasteiger partial charge is 0.275 e. The molecular weight excluding hydrogens is 276 g/mol. The molecule has 2 aromatic heterocycles. The topological polar surface area (TPSA) is 63.6 Å². The standard InChI is InChI=1S/C17H14N4O/c1-10-5-12(7-14-9-21(2)20-16(10)14)11-3-4-15-13(6-11)8-18-19-17(15)22/h3-9H,1-2H3,(H,19,22). The Bertz CT molecular complexity index is 1080. The van der Waals surface area contributed by atoms with Crippen molar-refractivity contribution in [1.82, 2.24) is 20.0 Å². The smallest absolute Gasteiger partial charge is 0.272 e. The number of H-pyrrole nitrogens is 1. The summed E-state index contributed by atoms with van der Waals surface area (Å²) >= 11 is 0. The quantitative estimate of drug-likeness (QED) is 0.586. The molecule has 0 radical (unpaired) electrons. The van der Waals surface area contributed by atoms with Gasteiger partial charge in [0, 0.05) is 24.0 Å². The van der Waals surface area contributed by atoms with E-state index in [9.17, 15) is 4.79 Å². The molecule has 0 unspecified atom stereocenters. The Morgan fingerprint density at radius 3 is 2.77 bits per heavy atom. The molecule has 1 N–H and O–H groups in total. The fourth-order valence-corrected chi connectivity index (χ4v) is 2.87. The molecule has 0 aliphatic heterocycles. The third kappa shape index (κ3) is 1.90. The van der Waals surface area contributed by atoms with Gasteiger partial charge in [-0.3, -0.25) is 9.48 Å². The lowest BCUT2D eigenvalue weighted by Crippen LogP contribution is -2.06. The van der Waals surface area contributed by atoms with E-state index >= 15 is 0 Å². The zero-order chi connectivity index (χ0) is 15.3. The van der Waals surface area contributed by atoms with E-state index in [-0.39, 0.29) is 5.56 Å². The number of aromatic amines is 1. The third-order valence-electron chi connectivity index (χ3n) is 3.91. The van der Waals surface area contributed by atoms with Crippen LogP contribution in [-0.4, -0.2) is 20.0 Å². The summed E-state index contributed by atoms with van der Waals surface area (Å²) in [4.78, 5) is 11.7. The van der Waals surface area contributed by atoms with Gasteiger partial charge >= 0.3 is 0 Å². The predicted molar refractivity (Wildman–Crippen MR) is 86.8 cm³/mol. The lowest BCUT2D eigenvalue weighted by molar-refractivity contribution is 0.779. The summed E-state index contributed by atoms with van der Waals surface area (Å²) in [5.74, 6) is 0. The fourth-order valence-electron chi connectivity index (χ4n) is 2.87. The lowest BCUT2D eigenvalue weighted by atomic mass is 9.99. The molecule has 0 aliphatic rings. The highest BCUT2D eigenvalue weighted by Gasteiger charge is 2.08.